The summed E-state index contributed by atoms with van der Waals surface area (Å²) in [5.41, 5.74) is 7.91. The second-order valence-corrected chi connectivity index (χ2v) is 8.35. The highest BCUT2D eigenvalue weighted by atomic mass is 19.4. The van der Waals surface area contributed by atoms with Crippen LogP contribution >= 0.6 is 0 Å². The fourth-order valence-electron chi connectivity index (χ4n) is 4.10. The molecule has 1 aromatic heterocycles. The van der Waals surface area contributed by atoms with Gasteiger partial charge in [0.05, 0.1) is 5.56 Å². The molecule has 1 aliphatic heterocycles. The Morgan fingerprint density at radius 3 is 2.69 bits per heavy atom. The van der Waals surface area contributed by atoms with Crippen LogP contribution in [0.1, 0.15) is 34.1 Å². The molecule has 4 rings (SSSR count). The number of nitroso groups, excluding NO2 is 1. The van der Waals surface area contributed by atoms with Gasteiger partial charge in [-0.05, 0) is 47.7 Å². The number of alkyl halides is 3. The average molecular weight is 484 g/mol. The van der Waals surface area contributed by atoms with Crippen molar-refractivity contribution in [2.45, 2.75) is 32.1 Å². The maximum atomic E-state index is 13.2. The van der Waals surface area contributed by atoms with Crippen LogP contribution in [0.3, 0.4) is 0 Å². The van der Waals surface area contributed by atoms with Gasteiger partial charge in [-0.25, -0.2) is 4.98 Å². The van der Waals surface area contributed by atoms with Gasteiger partial charge in [0.15, 0.2) is 0 Å². The predicted molar refractivity (Wildman–Crippen MR) is 126 cm³/mol. The van der Waals surface area contributed by atoms with Crippen molar-refractivity contribution >= 4 is 17.7 Å². The number of nitrogens with one attached hydrogen (secondary N) is 1. The van der Waals surface area contributed by atoms with Gasteiger partial charge in [0, 0.05) is 25.2 Å². The molecule has 0 unspecified atom stereocenters. The van der Waals surface area contributed by atoms with Crippen LogP contribution in [0.2, 0.25) is 0 Å². The molecule has 0 spiro atoms. The first-order valence-electron chi connectivity index (χ1n) is 10.9. The molecule has 1 atom stereocenters. The second-order valence-electron chi connectivity index (χ2n) is 8.35. The number of carbonyl (C=O) groups excluding carboxylic acids is 1. The molecule has 3 aromatic rings. The van der Waals surface area contributed by atoms with Crippen molar-refractivity contribution in [2.75, 3.05) is 23.3 Å². The van der Waals surface area contributed by atoms with Crippen LogP contribution in [0.25, 0.3) is 11.1 Å². The summed E-state index contributed by atoms with van der Waals surface area (Å²) in [5, 5.41) is 5.87. The molecule has 35 heavy (non-hydrogen) atoms. The van der Waals surface area contributed by atoms with Gasteiger partial charge in [-0.2, -0.15) is 23.1 Å². The third kappa shape index (κ3) is 5.39. The first kappa shape index (κ1) is 24.1. The smallest absolute Gasteiger partial charge is 0.365 e. The Labute approximate surface area is 199 Å². The Kier molecular flexibility index (Phi) is 6.68. The van der Waals surface area contributed by atoms with Crippen LogP contribution in [-0.4, -0.2) is 35.0 Å². The molecule has 0 aliphatic carbocycles. The van der Waals surface area contributed by atoms with E-state index in [9.17, 15) is 22.9 Å². The maximum Gasteiger partial charge on any atom is 0.416 e. The second kappa shape index (κ2) is 9.69. The topological polar surface area (TPSA) is 114 Å². The van der Waals surface area contributed by atoms with Crippen molar-refractivity contribution in [3.05, 3.63) is 75.8 Å². The van der Waals surface area contributed by atoms with Gasteiger partial charge in [0.25, 0.3) is 5.91 Å². The molecule has 182 valence electrons. The number of aromatic nitrogens is 2. The van der Waals surface area contributed by atoms with Crippen molar-refractivity contribution in [2.24, 2.45) is 10.9 Å². The fourth-order valence-corrected chi connectivity index (χ4v) is 4.10. The highest BCUT2D eigenvalue weighted by Gasteiger charge is 2.31. The van der Waals surface area contributed by atoms with Crippen LogP contribution in [-0.2, 0) is 19.1 Å². The van der Waals surface area contributed by atoms with Crippen LogP contribution in [0.15, 0.2) is 53.7 Å². The summed E-state index contributed by atoms with van der Waals surface area (Å²) >= 11 is 0. The lowest BCUT2D eigenvalue weighted by molar-refractivity contribution is -0.137. The molecule has 0 radical (unpaired) electrons. The first-order chi connectivity index (χ1) is 16.7. The van der Waals surface area contributed by atoms with Crippen LogP contribution < -0.4 is 16.0 Å². The molecule has 2 aromatic carbocycles. The number of rotatable bonds is 7. The Balaban J connectivity index is 1.65. The monoisotopic (exact) mass is 484 g/mol. The standard InChI is InChI=1S/C24H23F3N6O2/c1-14(12-29-35)30-21-11-20(22(28)34)31-23(32-21)33-9-8-19-16(13-33)5-3-7-18(19)15-4-2-6-17(10-15)24(25,26)27/h2-7,10-11,14H,8-9,12-13H2,1H3,(H2,28,34)(H,30,31,32)/t14-/m0/s1. The summed E-state index contributed by atoms with van der Waals surface area (Å²) in [6, 6.07) is 11.9. The molecule has 0 saturated carbocycles. The number of primary amides is 1. The number of nitrogens with zero attached hydrogens (tertiary/aromatic N) is 4. The van der Waals surface area contributed by atoms with E-state index in [4.69, 9.17) is 5.73 Å². The Morgan fingerprint density at radius 2 is 1.97 bits per heavy atom. The van der Waals surface area contributed by atoms with E-state index < -0.39 is 17.6 Å². The number of hydrogen-bond donors (Lipinski definition) is 2. The number of carbonyl (C=O) groups is 1. The molecule has 8 nitrogen and oxygen atoms in total. The number of nitrogens with two attached hydrogens (primary N) is 1. The van der Waals surface area contributed by atoms with E-state index in [1.165, 1.54) is 12.1 Å². The lowest BCUT2D eigenvalue weighted by Gasteiger charge is -2.31. The first-order valence-corrected chi connectivity index (χ1v) is 10.9. The lowest BCUT2D eigenvalue weighted by Crippen LogP contribution is -2.33. The van der Waals surface area contributed by atoms with Gasteiger partial charge in [-0.1, -0.05) is 35.5 Å². The van der Waals surface area contributed by atoms with Crippen molar-refractivity contribution in [1.82, 2.24) is 9.97 Å². The minimum Gasteiger partial charge on any atom is -0.365 e. The number of fused-ring (bicyclic) bond motifs is 1. The van der Waals surface area contributed by atoms with E-state index in [0.717, 1.165) is 28.8 Å². The van der Waals surface area contributed by atoms with Gasteiger partial charge in [-0.3, -0.25) is 4.79 Å². The molecule has 1 amide bonds. The van der Waals surface area contributed by atoms with E-state index in [2.05, 4.69) is 20.5 Å². The zero-order valence-electron chi connectivity index (χ0n) is 18.8. The minimum absolute atomic E-state index is 0.0145. The van der Waals surface area contributed by atoms with Crippen molar-refractivity contribution in [1.29, 1.82) is 0 Å². The summed E-state index contributed by atoms with van der Waals surface area (Å²) < 4.78 is 39.7. The molecule has 0 saturated heterocycles. The van der Waals surface area contributed by atoms with E-state index in [-0.39, 0.29) is 24.2 Å². The van der Waals surface area contributed by atoms with Gasteiger partial charge in [0.1, 0.15) is 18.1 Å². The van der Waals surface area contributed by atoms with Gasteiger partial charge in [0.2, 0.25) is 5.95 Å². The zero-order valence-corrected chi connectivity index (χ0v) is 18.8. The van der Waals surface area contributed by atoms with E-state index in [1.807, 2.05) is 17.0 Å². The number of amides is 1. The molecule has 0 fully saturated rings. The Bertz CT molecular complexity index is 1260. The average Bonchev–Trinajstić information content (AvgIpc) is 2.82. The highest BCUT2D eigenvalue weighted by Crippen LogP contribution is 2.35. The summed E-state index contributed by atoms with van der Waals surface area (Å²) in [5.74, 6) is -0.101. The van der Waals surface area contributed by atoms with Crippen LogP contribution in [0.5, 0.6) is 0 Å². The Hall–Kier alpha value is -4.02. The molecule has 11 heteroatoms. The van der Waals surface area contributed by atoms with E-state index in [0.29, 0.717) is 30.9 Å². The number of benzene rings is 2. The van der Waals surface area contributed by atoms with Crippen molar-refractivity contribution in [3.8, 4) is 11.1 Å². The maximum absolute atomic E-state index is 13.2. The number of halogens is 3. The number of anilines is 2. The largest absolute Gasteiger partial charge is 0.416 e. The minimum atomic E-state index is -4.42. The fraction of sp³-hybridized carbons (Fsp3) is 0.292. The summed E-state index contributed by atoms with van der Waals surface area (Å²) in [6.07, 6.45) is -3.88. The molecular formula is C24H23F3N6O2. The van der Waals surface area contributed by atoms with Gasteiger partial charge >= 0.3 is 6.18 Å². The lowest BCUT2D eigenvalue weighted by atomic mass is 9.90. The molecule has 0 bridgehead atoms. The summed E-state index contributed by atoms with van der Waals surface area (Å²) in [7, 11) is 0. The van der Waals surface area contributed by atoms with Crippen molar-refractivity contribution in [3.63, 3.8) is 0 Å². The third-order valence-corrected chi connectivity index (χ3v) is 5.76. The van der Waals surface area contributed by atoms with Gasteiger partial charge < -0.3 is 16.0 Å². The summed E-state index contributed by atoms with van der Waals surface area (Å²) in [4.78, 5) is 33.0. The molecular weight excluding hydrogens is 461 g/mol. The SMILES string of the molecule is C[C@@H](CN=O)Nc1cc(C(N)=O)nc(N2CCc3c(cccc3-c3cccc(C(F)(F)F)c3)C2)n1. The molecule has 1 aliphatic rings. The number of hydrogen-bond acceptors (Lipinski definition) is 7. The van der Waals surface area contributed by atoms with Crippen molar-refractivity contribution < 1.29 is 18.0 Å². The third-order valence-electron chi connectivity index (χ3n) is 5.76. The predicted octanol–water partition coefficient (Wildman–Crippen LogP) is 4.39. The Morgan fingerprint density at radius 1 is 1.20 bits per heavy atom. The molecule has 2 heterocycles. The van der Waals surface area contributed by atoms with Gasteiger partial charge in [-0.15, -0.1) is 0 Å². The highest BCUT2D eigenvalue weighted by molar-refractivity contribution is 5.91. The van der Waals surface area contributed by atoms with E-state index >= 15 is 0 Å². The van der Waals surface area contributed by atoms with E-state index in [1.54, 1.807) is 19.1 Å². The quantitative estimate of drug-likeness (QED) is 0.481. The van der Waals surface area contributed by atoms with Crippen LogP contribution in [0.4, 0.5) is 24.9 Å². The van der Waals surface area contributed by atoms with Crippen LogP contribution in [0, 0.1) is 4.91 Å². The zero-order chi connectivity index (χ0) is 25.2. The summed E-state index contributed by atoms with van der Waals surface area (Å²) in [6.45, 7) is 2.64. The molecule has 3 N–H and O–H groups in total. The normalized spacial score (nSPS) is 14.2.